The van der Waals surface area contributed by atoms with Crippen LogP contribution in [0.5, 0.6) is 0 Å². The van der Waals surface area contributed by atoms with Crippen LogP contribution in [0.2, 0.25) is 4.34 Å². The maximum atomic E-state index is 13.1. The molecule has 2 aromatic heterocycles. The van der Waals surface area contributed by atoms with Crippen molar-refractivity contribution in [1.82, 2.24) is 19.6 Å². The van der Waals surface area contributed by atoms with E-state index in [0.29, 0.717) is 28.6 Å². The van der Waals surface area contributed by atoms with E-state index >= 15 is 0 Å². The predicted molar refractivity (Wildman–Crippen MR) is 161 cm³/mol. The van der Waals surface area contributed by atoms with E-state index in [1.165, 1.54) is 23.3 Å². The second-order valence-corrected chi connectivity index (χ2v) is 11.3. The monoisotopic (exact) mass is 605 g/mol. The van der Waals surface area contributed by atoms with Gasteiger partial charge in [0.2, 0.25) is 5.91 Å². The zero-order chi connectivity index (χ0) is 29.1. The first kappa shape index (κ1) is 31.7. The van der Waals surface area contributed by atoms with Gasteiger partial charge in [0.25, 0.3) is 5.91 Å². The average Bonchev–Trinajstić information content (AvgIpc) is 3.70. The summed E-state index contributed by atoms with van der Waals surface area (Å²) in [6.45, 7) is 6.93. The van der Waals surface area contributed by atoms with Gasteiger partial charge in [-0.25, -0.2) is 9.71 Å². The fraction of sp³-hybridized carbons (Fsp3) is 0.429. The van der Waals surface area contributed by atoms with E-state index in [2.05, 4.69) is 15.0 Å². The Balaban J connectivity index is 0.00000216. The minimum Gasteiger partial charge on any atom is -0.464 e. The molecule has 0 radical (unpaired) electrons. The van der Waals surface area contributed by atoms with Gasteiger partial charge in [-0.05, 0) is 54.6 Å². The van der Waals surface area contributed by atoms with Crippen LogP contribution in [-0.4, -0.2) is 53.1 Å². The molecule has 0 saturated carbocycles. The fourth-order valence-corrected chi connectivity index (χ4v) is 6.09. The molecule has 1 aliphatic rings. The summed E-state index contributed by atoms with van der Waals surface area (Å²) in [5, 5.41) is 2.80. The number of anilines is 1. The van der Waals surface area contributed by atoms with Crippen LogP contribution in [0.3, 0.4) is 0 Å². The van der Waals surface area contributed by atoms with Gasteiger partial charge in [0.15, 0.2) is 0 Å². The number of aryl methyl sites for hydroxylation is 1. The van der Waals surface area contributed by atoms with Crippen molar-refractivity contribution in [1.29, 1.82) is 0 Å². The summed E-state index contributed by atoms with van der Waals surface area (Å²) in [5.41, 5.74) is 1.93. The number of ether oxygens (including phenoxy) is 1. The number of hydrogen-bond donors (Lipinski definition) is 2. The number of aromatic nitrogens is 2. The van der Waals surface area contributed by atoms with Crippen LogP contribution in [0, 0.1) is 0 Å². The quantitative estimate of drug-likeness (QED) is 0.220. The van der Waals surface area contributed by atoms with Gasteiger partial charge in [0.1, 0.15) is 11.9 Å². The van der Waals surface area contributed by atoms with Gasteiger partial charge >= 0.3 is 5.97 Å². The van der Waals surface area contributed by atoms with Gasteiger partial charge in [-0.1, -0.05) is 38.4 Å². The summed E-state index contributed by atoms with van der Waals surface area (Å²) in [5.74, 6) is 0.129. The molecule has 0 spiro atoms. The molecule has 9 nitrogen and oxygen atoms in total. The van der Waals surface area contributed by atoms with Gasteiger partial charge in [-0.2, -0.15) is 0 Å². The lowest BCUT2D eigenvalue weighted by atomic mass is 10.1. The summed E-state index contributed by atoms with van der Waals surface area (Å²) >= 11 is 8.42. The Labute approximate surface area is 248 Å². The van der Waals surface area contributed by atoms with Gasteiger partial charge < -0.3 is 19.5 Å². The first-order valence-electron chi connectivity index (χ1n) is 13.4. The molecule has 0 unspecified atom stereocenters. The Bertz CT molecular complexity index is 1300. The SMILES string of the molecule is CC.CCc1c(SN[C@@H](CNC(=O)c2ccc(Cl)s2)C(=O)OCCc2nccn2C)cccc1N1CCCC1=O. The Hall–Kier alpha value is -2.86. The number of rotatable bonds is 12. The molecule has 2 N–H and O–H groups in total. The molecule has 1 saturated heterocycles. The summed E-state index contributed by atoms with van der Waals surface area (Å²) < 4.78 is 11.1. The number of imidazole rings is 1. The molecule has 4 rings (SSSR count). The molecule has 12 heteroatoms. The van der Waals surface area contributed by atoms with Crippen molar-refractivity contribution in [3.63, 3.8) is 0 Å². The van der Waals surface area contributed by atoms with Crippen molar-refractivity contribution >= 4 is 58.4 Å². The largest absolute Gasteiger partial charge is 0.464 e. The normalized spacial score (nSPS) is 13.5. The molecule has 1 atom stereocenters. The number of benzene rings is 1. The fourth-order valence-electron chi connectivity index (χ4n) is 4.17. The summed E-state index contributed by atoms with van der Waals surface area (Å²) in [6.07, 6.45) is 6.12. The highest BCUT2D eigenvalue weighted by Crippen LogP contribution is 2.32. The highest BCUT2D eigenvalue weighted by Gasteiger charge is 2.26. The minimum atomic E-state index is -0.817. The van der Waals surface area contributed by atoms with Crippen LogP contribution in [0.15, 0.2) is 47.6 Å². The number of thiophene rings is 1. The molecule has 0 bridgehead atoms. The second-order valence-electron chi connectivity index (χ2n) is 8.71. The molecule has 1 fully saturated rings. The predicted octanol–water partition coefficient (Wildman–Crippen LogP) is 5.03. The number of hydrogen-bond acceptors (Lipinski definition) is 8. The highest BCUT2D eigenvalue weighted by atomic mass is 35.5. The first-order chi connectivity index (χ1) is 19.4. The molecule has 3 aromatic rings. The molecule has 1 aliphatic heterocycles. The summed E-state index contributed by atoms with van der Waals surface area (Å²) in [7, 11) is 1.88. The lowest BCUT2D eigenvalue weighted by molar-refractivity contribution is -0.145. The summed E-state index contributed by atoms with van der Waals surface area (Å²) in [4.78, 5) is 45.5. The Morgan fingerprint density at radius 2 is 2.05 bits per heavy atom. The maximum Gasteiger partial charge on any atom is 0.325 e. The Morgan fingerprint density at radius 3 is 2.67 bits per heavy atom. The average molecular weight is 606 g/mol. The van der Waals surface area contributed by atoms with E-state index in [1.54, 1.807) is 18.3 Å². The molecule has 40 heavy (non-hydrogen) atoms. The van der Waals surface area contributed by atoms with Gasteiger partial charge in [-0.3, -0.25) is 14.4 Å². The van der Waals surface area contributed by atoms with Crippen molar-refractivity contribution in [2.45, 2.75) is 57.4 Å². The van der Waals surface area contributed by atoms with Crippen molar-refractivity contribution in [3.8, 4) is 0 Å². The van der Waals surface area contributed by atoms with Gasteiger partial charge in [0, 0.05) is 56.0 Å². The molecular weight excluding hydrogens is 570 g/mol. The van der Waals surface area contributed by atoms with Crippen LogP contribution in [0.1, 0.15) is 54.7 Å². The van der Waals surface area contributed by atoms with Crippen LogP contribution in [-0.2, 0) is 34.2 Å². The first-order valence-corrected chi connectivity index (χ1v) is 15.4. The number of carbonyl (C=O) groups is 3. The molecular formula is C28H36ClN5O4S2. The van der Waals surface area contributed by atoms with E-state index in [0.717, 1.165) is 34.8 Å². The number of amides is 2. The molecule has 1 aromatic carbocycles. The third kappa shape index (κ3) is 8.33. The van der Waals surface area contributed by atoms with Gasteiger partial charge in [-0.15, -0.1) is 11.3 Å². The van der Waals surface area contributed by atoms with Crippen LogP contribution < -0.4 is 14.9 Å². The van der Waals surface area contributed by atoms with E-state index in [9.17, 15) is 14.4 Å². The highest BCUT2D eigenvalue weighted by molar-refractivity contribution is 7.97. The number of esters is 1. The van der Waals surface area contributed by atoms with Crippen LogP contribution in [0.4, 0.5) is 5.69 Å². The number of nitrogens with one attached hydrogen (secondary N) is 2. The van der Waals surface area contributed by atoms with E-state index in [1.807, 2.05) is 61.7 Å². The molecule has 3 heterocycles. The summed E-state index contributed by atoms with van der Waals surface area (Å²) in [6, 6.07) is 8.30. The van der Waals surface area contributed by atoms with Crippen molar-refractivity contribution in [2.75, 3.05) is 24.6 Å². The van der Waals surface area contributed by atoms with Crippen LogP contribution >= 0.6 is 34.9 Å². The number of carbonyl (C=O) groups excluding carboxylic acids is 3. The Morgan fingerprint density at radius 1 is 1.25 bits per heavy atom. The number of halogens is 1. The van der Waals surface area contributed by atoms with Crippen molar-refractivity contribution < 1.29 is 19.1 Å². The van der Waals surface area contributed by atoms with E-state index in [-0.39, 0.29) is 25.0 Å². The van der Waals surface area contributed by atoms with E-state index in [4.69, 9.17) is 16.3 Å². The minimum absolute atomic E-state index is 0.0222. The van der Waals surface area contributed by atoms with Crippen molar-refractivity contribution in [2.24, 2.45) is 7.05 Å². The zero-order valence-corrected chi connectivity index (χ0v) is 25.6. The smallest absolute Gasteiger partial charge is 0.325 e. The lowest BCUT2D eigenvalue weighted by Crippen LogP contribution is -2.44. The molecule has 2 amide bonds. The molecule has 0 aliphatic carbocycles. The van der Waals surface area contributed by atoms with E-state index < -0.39 is 12.0 Å². The zero-order valence-electron chi connectivity index (χ0n) is 23.2. The lowest BCUT2D eigenvalue weighted by Gasteiger charge is -2.22. The Kier molecular flexibility index (Phi) is 12.5. The third-order valence-corrected chi connectivity index (χ3v) is 8.41. The van der Waals surface area contributed by atoms with Crippen LogP contribution in [0.25, 0.3) is 0 Å². The molecule has 216 valence electrons. The second kappa shape index (κ2) is 15.8. The third-order valence-electron chi connectivity index (χ3n) is 6.18. The van der Waals surface area contributed by atoms with Gasteiger partial charge in [0.05, 0.1) is 15.8 Å². The van der Waals surface area contributed by atoms with Crippen molar-refractivity contribution in [3.05, 3.63) is 63.3 Å². The topological polar surface area (TPSA) is 106 Å². The maximum absolute atomic E-state index is 13.1. The number of nitrogens with zero attached hydrogens (tertiary/aromatic N) is 3. The standard InChI is InChI=1S/C26H30ClN5O4S2.C2H6/c1-3-17-19(32-13-5-8-24(32)33)6-4-7-20(17)38-30-18(16-29-25(34)21-9-10-22(27)37-21)26(35)36-15-11-23-28-12-14-31(23)2;1-2/h4,6-7,9-10,12,14,18,30H,3,5,8,11,13,15-16H2,1-2H3,(H,29,34);1-2H3/t18-;/m0./s1.